The second kappa shape index (κ2) is 5.37. The van der Waals surface area contributed by atoms with Gasteiger partial charge in [-0.2, -0.15) is 0 Å². The van der Waals surface area contributed by atoms with E-state index in [4.69, 9.17) is 5.73 Å². The molecule has 0 aliphatic rings. The topological polar surface area (TPSA) is 85.1 Å². The monoisotopic (exact) mass is 305 g/mol. The molecule has 0 atom stereocenters. The molecule has 0 saturated carbocycles. The van der Waals surface area contributed by atoms with Crippen molar-refractivity contribution in [3.8, 4) is 0 Å². The number of aromatic nitrogens is 1. The molecular weight excluding hydrogens is 286 g/mol. The number of nitrogen functional groups attached to an aromatic ring is 1. The molecule has 0 aliphatic heterocycles. The van der Waals surface area contributed by atoms with E-state index in [1.165, 1.54) is 0 Å². The Labute approximate surface area is 125 Å². The minimum atomic E-state index is -3.77. The second-order valence-electron chi connectivity index (χ2n) is 5.20. The predicted octanol–water partition coefficient (Wildman–Crippen LogP) is 2.70. The van der Waals surface area contributed by atoms with Gasteiger partial charge in [-0.05, 0) is 62.6 Å². The van der Waals surface area contributed by atoms with Crippen molar-refractivity contribution in [3.63, 3.8) is 0 Å². The summed E-state index contributed by atoms with van der Waals surface area (Å²) in [7, 11) is -3.77. The molecular formula is C15H19N3O2S. The number of sulfonamides is 1. The summed E-state index contributed by atoms with van der Waals surface area (Å²) in [5, 5.41) is 0. The summed E-state index contributed by atoms with van der Waals surface area (Å²) in [6, 6.07) is 6.97. The molecule has 0 amide bonds. The number of pyridine rings is 1. The predicted molar refractivity (Wildman–Crippen MR) is 84.8 cm³/mol. The molecule has 3 N–H and O–H groups in total. The van der Waals surface area contributed by atoms with Crippen LogP contribution in [0.5, 0.6) is 0 Å². The van der Waals surface area contributed by atoms with Crippen molar-refractivity contribution in [1.82, 2.24) is 4.98 Å². The third kappa shape index (κ3) is 3.16. The number of nitrogens with one attached hydrogen (secondary N) is 1. The Morgan fingerprint density at radius 3 is 2.38 bits per heavy atom. The highest BCUT2D eigenvalue weighted by Gasteiger charge is 2.22. The summed E-state index contributed by atoms with van der Waals surface area (Å²) in [6.07, 6.45) is 0. The Hall–Kier alpha value is -2.08. The first-order valence-corrected chi connectivity index (χ1v) is 8.03. The van der Waals surface area contributed by atoms with Crippen molar-refractivity contribution < 1.29 is 8.42 Å². The Bertz CT molecular complexity index is 779. The van der Waals surface area contributed by atoms with Gasteiger partial charge in [-0.1, -0.05) is 6.07 Å². The fourth-order valence-corrected chi connectivity index (χ4v) is 3.67. The normalized spacial score (nSPS) is 11.4. The van der Waals surface area contributed by atoms with Gasteiger partial charge in [0.05, 0.1) is 5.69 Å². The molecule has 1 heterocycles. The molecule has 0 bridgehead atoms. The van der Waals surface area contributed by atoms with Crippen LogP contribution in [0.1, 0.15) is 22.4 Å². The molecule has 2 rings (SSSR count). The number of benzene rings is 1. The van der Waals surface area contributed by atoms with Crippen molar-refractivity contribution in [2.24, 2.45) is 0 Å². The fourth-order valence-electron chi connectivity index (χ4n) is 2.25. The van der Waals surface area contributed by atoms with Crippen molar-refractivity contribution in [3.05, 3.63) is 46.6 Å². The van der Waals surface area contributed by atoms with Gasteiger partial charge < -0.3 is 5.73 Å². The van der Waals surface area contributed by atoms with E-state index in [-0.39, 0.29) is 10.6 Å². The molecule has 6 heteroatoms. The van der Waals surface area contributed by atoms with Gasteiger partial charge in [-0.25, -0.2) is 13.4 Å². The number of nitrogens with two attached hydrogens (primary N) is 1. The number of hydrogen-bond donors (Lipinski definition) is 2. The zero-order valence-electron chi connectivity index (χ0n) is 12.6. The summed E-state index contributed by atoms with van der Waals surface area (Å²) in [6.45, 7) is 7.30. The zero-order chi connectivity index (χ0) is 15.8. The summed E-state index contributed by atoms with van der Waals surface area (Å²) in [5.74, 6) is 0.299. The second-order valence-corrected chi connectivity index (χ2v) is 6.82. The summed E-state index contributed by atoms with van der Waals surface area (Å²) in [4.78, 5) is 4.31. The van der Waals surface area contributed by atoms with E-state index in [1.807, 2.05) is 26.8 Å². The molecule has 1 aromatic heterocycles. The average molecular weight is 305 g/mol. The molecule has 0 aliphatic carbocycles. The highest BCUT2D eigenvalue weighted by Crippen LogP contribution is 2.27. The SMILES string of the molecule is Cc1cc(C)nc(NS(=O)(=O)c2c(N)ccc(C)c2C)c1. The van der Waals surface area contributed by atoms with Crippen LogP contribution in [0, 0.1) is 27.7 Å². The van der Waals surface area contributed by atoms with Crippen molar-refractivity contribution in [2.45, 2.75) is 32.6 Å². The lowest BCUT2D eigenvalue weighted by Gasteiger charge is -2.14. The third-order valence-electron chi connectivity index (χ3n) is 3.31. The van der Waals surface area contributed by atoms with Crippen molar-refractivity contribution in [1.29, 1.82) is 0 Å². The molecule has 0 radical (unpaired) electrons. The molecule has 0 unspecified atom stereocenters. The molecule has 0 saturated heterocycles. The average Bonchev–Trinajstić information content (AvgIpc) is 2.32. The summed E-state index contributed by atoms with van der Waals surface area (Å²) >= 11 is 0. The van der Waals surface area contributed by atoms with Crippen LogP contribution < -0.4 is 10.5 Å². The van der Waals surface area contributed by atoms with E-state index in [0.717, 1.165) is 16.8 Å². The van der Waals surface area contributed by atoms with E-state index in [2.05, 4.69) is 9.71 Å². The molecule has 21 heavy (non-hydrogen) atoms. The van der Waals surface area contributed by atoms with Crippen LogP contribution in [-0.4, -0.2) is 13.4 Å². The maximum atomic E-state index is 12.6. The van der Waals surface area contributed by atoms with Crippen LogP contribution in [0.4, 0.5) is 11.5 Å². The van der Waals surface area contributed by atoms with Crippen LogP contribution in [0.25, 0.3) is 0 Å². The first-order valence-electron chi connectivity index (χ1n) is 6.54. The van der Waals surface area contributed by atoms with Crippen LogP contribution in [0.2, 0.25) is 0 Å². The van der Waals surface area contributed by atoms with Gasteiger partial charge in [0.1, 0.15) is 10.7 Å². The van der Waals surface area contributed by atoms with Gasteiger partial charge in [0.25, 0.3) is 10.0 Å². The molecule has 0 spiro atoms. The first-order chi connectivity index (χ1) is 9.70. The lowest BCUT2D eigenvalue weighted by atomic mass is 10.1. The van der Waals surface area contributed by atoms with Crippen LogP contribution >= 0.6 is 0 Å². The van der Waals surface area contributed by atoms with Gasteiger partial charge in [-0.3, -0.25) is 4.72 Å². The first kappa shape index (κ1) is 15.3. The van der Waals surface area contributed by atoms with Gasteiger partial charge in [0.2, 0.25) is 0 Å². The molecule has 0 fully saturated rings. The maximum absolute atomic E-state index is 12.6. The Morgan fingerprint density at radius 1 is 1.10 bits per heavy atom. The van der Waals surface area contributed by atoms with E-state index >= 15 is 0 Å². The fraction of sp³-hybridized carbons (Fsp3) is 0.267. The minimum absolute atomic E-state index is 0.114. The summed E-state index contributed by atoms with van der Waals surface area (Å²) < 4.78 is 27.7. The molecule has 2 aromatic rings. The van der Waals surface area contributed by atoms with E-state index in [9.17, 15) is 8.42 Å². The maximum Gasteiger partial charge on any atom is 0.265 e. The largest absolute Gasteiger partial charge is 0.398 e. The van der Waals surface area contributed by atoms with E-state index in [0.29, 0.717) is 11.4 Å². The quantitative estimate of drug-likeness (QED) is 0.854. The lowest BCUT2D eigenvalue weighted by Crippen LogP contribution is -2.17. The minimum Gasteiger partial charge on any atom is -0.398 e. The Kier molecular flexibility index (Phi) is 3.91. The smallest absolute Gasteiger partial charge is 0.265 e. The van der Waals surface area contributed by atoms with Gasteiger partial charge in [0.15, 0.2) is 0 Å². The highest BCUT2D eigenvalue weighted by atomic mass is 32.2. The number of rotatable bonds is 3. The number of hydrogen-bond acceptors (Lipinski definition) is 4. The standard InChI is InChI=1S/C15H19N3O2S/c1-9-7-11(3)17-14(8-9)18-21(19,20)15-12(4)10(2)5-6-13(15)16/h5-8H,16H2,1-4H3,(H,17,18). The zero-order valence-corrected chi connectivity index (χ0v) is 13.4. The van der Waals surface area contributed by atoms with Gasteiger partial charge >= 0.3 is 0 Å². The third-order valence-corrected chi connectivity index (χ3v) is 4.87. The van der Waals surface area contributed by atoms with E-state index in [1.54, 1.807) is 25.1 Å². The Morgan fingerprint density at radius 2 is 1.76 bits per heavy atom. The summed E-state index contributed by atoms with van der Waals surface area (Å²) in [5.41, 5.74) is 9.29. The molecule has 112 valence electrons. The highest BCUT2D eigenvalue weighted by molar-refractivity contribution is 7.93. The number of aryl methyl sites for hydroxylation is 3. The molecule has 5 nitrogen and oxygen atoms in total. The van der Waals surface area contributed by atoms with E-state index < -0.39 is 10.0 Å². The van der Waals surface area contributed by atoms with Gasteiger partial charge in [0, 0.05) is 5.69 Å². The van der Waals surface area contributed by atoms with Crippen molar-refractivity contribution in [2.75, 3.05) is 10.5 Å². The van der Waals surface area contributed by atoms with Gasteiger partial charge in [-0.15, -0.1) is 0 Å². The number of nitrogens with zero attached hydrogens (tertiary/aromatic N) is 1. The lowest BCUT2D eigenvalue weighted by molar-refractivity contribution is 0.600. The van der Waals surface area contributed by atoms with Crippen LogP contribution in [0.3, 0.4) is 0 Å². The number of anilines is 2. The molecule has 1 aromatic carbocycles. The van der Waals surface area contributed by atoms with Crippen LogP contribution in [0.15, 0.2) is 29.2 Å². The van der Waals surface area contributed by atoms with Crippen molar-refractivity contribution >= 4 is 21.5 Å². The van der Waals surface area contributed by atoms with Crippen LogP contribution in [-0.2, 0) is 10.0 Å². The Balaban J connectivity index is 2.51.